The maximum atomic E-state index is 12.2. The Morgan fingerprint density at radius 1 is 1.12 bits per heavy atom. The van der Waals surface area contributed by atoms with Crippen LogP contribution < -0.4 is 10.1 Å². The molecule has 0 saturated heterocycles. The maximum absolute atomic E-state index is 12.2. The Morgan fingerprint density at radius 2 is 1.83 bits per heavy atom. The van der Waals surface area contributed by atoms with Crippen LogP contribution in [0.25, 0.3) is 0 Å². The quantitative estimate of drug-likeness (QED) is 0.877. The Balaban J connectivity index is 1.55. The van der Waals surface area contributed by atoms with Crippen molar-refractivity contribution < 1.29 is 13.9 Å². The van der Waals surface area contributed by atoms with Crippen LogP contribution in [0, 0.1) is 13.8 Å². The molecule has 1 aliphatic carbocycles. The predicted molar refractivity (Wildman–Crippen MR) is 93.3 cm³/mol. The van der Waals surface area contributed by atoms with Gasteiger partial charge in [0.15, 0.2) is 5.76 Å². The first-order chi connectivity index (χ1) is 11.6. The van der Waals surface area contributed by atoms with Crippen LogP contribution in [-0.2, 0) is 6.61 Å². The largest absolute Gasteiger partial charge is 0.486 e. The van der Waals surface area contributed by atoms with Gasteiger partial charge in [0.2, 0.25) is 0 Å². The molecule has 4 heteroatoms. The highest BCUT2D eigenvalue weighted by molar-refractivity contribution is 5.91. The van der Waals surface area contributed by atoms with Crippen LogP contribution in [0.15, 0.2) is 34.7 Å². The summed E-state index contributed by atoms with van der Waals surface area (Å²) in [5, 5.41) is 3.06. The normalized spacial score (nSPS) is 15.2. The van der Waals surface area contributed by atoms with E-state index in [4.69, 9.17) is 9.15 Å². The van der Waals surface area contributed by atoms with E-state index >= 15 is 0 Å². The molecule has 0 spiro atoms. The number of ether oxygens (including phenoxy) is 1. The molecule has 1 aliphatic rings. The Labute approximate surface area is 143 Å². The van der Waals surface area contributed by atoms with E-state index < -0.39 is 0 Å². The Hall–Kier alpha value is -2.23. The Bertz CT molecular complexity index is 678. The van der Waals surface area contributed by atoms with Gasteiger partial charge in [-0.05, 0) is 62.1 Å². The van der Waals surface area contributed by atoms with Crippen molar-refractivity contribution in [2.24, 2.45) is 0 Å². The van der Waals surface area contributed by atoms with E-state index in [0.717, 1.165) is 29.7 Å². The molecule has 0 radical (unpaired) electrons. The number of carbonyl (C=O) groups is 1. The second-order valence-corrected chi connectivity index (χ2v) is 6.69. The van der Waals surface area contributed by atoms with Crippen molar-refractivity contribution in [2.75, 3.05) is 0 Å². The van der Waals surface area contributed by atoms with E-state index in [0.29, 0.717) is 18.1 Å². The molecule has 2 aromatic rings. The van der Waals surface area contributed by atoms with Gasteiger partial charge in [-0.25, -0.2) is 0 Å². The predicted octanol–water partition coefficient (Wildman–Crippen LogP) is 4.54. The summed E-state index contributed by atoms with van der Waals surface area (Å²) in [5.41, 5.74) is 2.33. The zero-order chi connectivity index (χ0) is 16.9. The van der Waals surface area contributed by atoms with Crippen molar-refractivity contribution >= 4 is 5.91 Å². The third kappa shape index (κ3) is 4.40. The maximum Gasteiger partial charge on any atom is 0.287 e. The van der Waals surface area contributed by atoms with Gasteiger partial charge in [0.25, 0.3) is 5.91 Å². The first-order valence-electron chi connectivity index (χ1n) is 8.71. The van der Waals surface area contributed by atoms with Crippen LogP contribution in [0.3, 0.4) is 0 Å². The summed E-state index contributed by atoms with van der Waals surface area (Å²) in [6, 6.07) is 9.90. The summed E-state index contributed by atoms with van der Waals surface area (Å²) >= 11 is 0. The summed E-state index contributed by atoms with van der Waals surface area (Å²) in [4.78, 5) is 12.2. The Morgan fingerprint density at radius 3 is 2.54 bits per heavy atom. The van der Waals surface area contributed by atoms with Crippen LogP contribution in [0.5, 0.6) is 5.75 Å². The molecule has 1 fully saturated rings. The van der Waals surface area contributed by atoms with Crippen LogP contribution in [0.4, 0.5) is 0 Å². The average molecular weight is 327 g/mol. The van der Waals surface area contributed by atoms with Gasteiger partial charge in [-0.15, -0.1) is 0 Å². The van der Waals surface area contributed by atoms with Crippen LogP contribution >= 0.6 is 0 Å². The number of nitrogens with one attached hydrogen (secondary N) is 1. The summed E-state index contributed by atoms with van der Waals surface area (Å²) in [6.07, 6.45) is 5.79. The van der Waals surface area contributed by atoms with Gasteiger partial charge in [0.1, 0.15) is 18.1 Å². The first-order valence-corrected chi connectivity index (χ1v) is 8.71. The molecule has 1 heterocycles. The molecule has 1 amide bonds. The van der Waals surface area contributed by atoms with E-state index in [1.807, 2.05) is 26.0 Å². The highest BCUT2D eigenvalue weighted by Gasteiger charge is 2.18. The second kappa shape index (κ2) is 7.56. The van der Waals surface area contributed by atoms with Gasteiger partial charge in [-0.1, -0.05) is 25.3 Å². The number of benzene rings is 1. The van der Waals surface area contributed by atoms with Crippen molar-refractivity contribution in [3.8, 4) is 5.75 Å². The molecule has 1 aromatic heterocycles. The van der Waals surface area contributed by atoms with Gasteiger partial charge in [0, 0.05) is 6.04 Å². The van der Waals surface area contributed by atoms with Gasteiger partial charge in [0.05, 0.1) is 0 Å². The van der Waals surface area contributed by atoms with Crippen molar-refractivity contribution in [1.29, 1.82) is 0 Å². The standard InChI is InChI=1S/C20H25NO3/c1-14-10-15(2)12-18(11-14)23-13-17-8-9-19(24-17)20(22)21-16-6-4-3-5-7-16/h8-12,16H,3-7,13H2,1-2H3,(H,21,22). The molecular weight excluding hydrogens is 302 g/mol. The molecular formula is C20H25NO3. The minimum atomic E-state index is -0.125. The lowest BCUT2D eigenvalue weighted by molar-refractivity contribution is 0.0895. The average Bonchev–Trinajstić information content (AvgIpc) is 3.02. The van der Waals surface area contributed by atoms with Gasteiger partial charge < -0.3 is 14.5 Å². The van der Waals surface area contributed by atoms with E-state index in [1.165, 1.54) is 19.3 Å². The van der Waals surface area contributed by atoms with Crippen molar-refractivity contribution in [1.82, 2.24) is 5.32 Å². The number of furan rings is 1. The summed E-state index contributed by atoms with van der Waals surface area (Å²) < 4.78 is 11.4. The lowest BCUT2D eigenvalue weighted by Crippen LogP contribution is -2.35. The summed E-state index contributed by atoms with van der Waals surface area (Å²) in [6.45, 7) is 4.40. The van der Waals surface area contributed by atoms with Gasteiger partial charge in [-0.2, -0.15) is 0 Å². The fourth-order valence-corrected chi connectivity index (χ4v) is 3.25. The van der Waals surface area contributed by atoms with Crippen LogP contribution in [0.2, 0.25) is 0 Å². The first kappa shape index (κ1) is 16.6. The number of hydrogen-bond donors (Lipinski definition) is 1. The third-order valence-corrected chi connectivity index (χ3v) is 4.40. The lowest BCUT2D eigenvalue weighted by Gasteiger charge is -2.22. The molecule has 1 saturated carbocycles. The third-order valence-electron chi connectivity index (χ3n) is 4.40. The fourth-order valence-electron chi connectivity index (χ4n) is 3.25. The van der Waals surface area contributed by atoms with Crippen molar-refractivity contribution in [3.63, 3.8) is 0 Å². The topological polar surface area (TPSA) is 51.5 Å². The Kier molecular flexibility index (Phi) is 5.24. The number of carbonyl (C=O) groups excluding carboxylic acids is 1. The lowest BCUT2D eigenvalue weighted by atomic mass is 9.95. The monoisotopic (exact) mass is 327 g/mol. The smallest absolute Gasteiger partial charge is 0.287 e. The van der Waals surface area contributed by atoms with Crippen molar-refractivity contribution in [3.05, 3.63) is 53.0 Å². The summed E-state index contributed by atoms with van der Waals surface area (Å²) in [5.74, 6) is 1.71. The molecule has 3 rings (SSSR count). The molecule has 0 bridgehead atoms. The zero-order valence-electron chi connectivity index (χ0n) is 14.4. The van der Waals surface area contributed by atoms with E-state index in [9.17, 15) is 4.79 Å². The van der Waals surface area contributed by atoms with E-state index in [1.54, 1.807) is 12.1 Å². The molecule has 0 atom stereocenters. The van der Waals surface area contributed by atoms with E-state index in [-0.39, 0.29) is 11.9 Å². The summed E-state index contributed by atoms with van der Waals surface area (Å²) in [7, 11) is 0. The molecule has 0 aliphatic heterocycles. The van der Waals surface area contributed by atoms with Crippen molar-refractivity contribution in [2.45, 2.75) is 58.6 Å². The molecule has 24 heavy (non-hydrogen) atoms. The van der Waals surface area contributed by atoms with Crippen LogP contribution in [-0.4, -0.2) is 11.9 Å². The fraction of sp³-hybridized carbons (Fsp3) is 0.450. The molecule has 4 nitrogen and oxygen atoms in total. The molecule has 0 unspecified atom stereocenters. The zero-order valence-corrected chi connectivity index (χ0v) is 14.4. The molecule has 128 valence electrons. The van der Waals surface area contributed by atoms with Crippen LogP contribution in [0.1, 0.15) is 59.5 Å². The van der Waals surface area contributed by atoms with Gasteiger partial charge >= 0.3 is 0 Å². The highest BCUT2D eigenvalue weighted by Crippen LogP contribution is 2.20. The highest BCUT2D eigenvalue weighted by atomic mass is 16.5. The number of amides is 1. The minimum Gasteiger partial charge on any atom is -0.486 e. The SMILES string of the molecule is Cc1cc(C)cc(OCc2ccc(C(=O)NC3CCCCC3)o2)c1. The number of hydrogen-bond acceptors (Lipinski definition) is 3. The van der Waals surface area contributed by atoms with E-state index in [2.05, 4.69) is 11.4 Å². The van der Waals surface area contributed by atoms with Gasteiger partial charge in [-0.3, -0.25) is 4.79 Å². The molecule has 1 N–H and O–H groups in total. The number of rotatable bonds is 5. The molecule has 1 aromatic carbocycles. The number of aryl methyl sites for hydroxylation is 2. The minimum absolute atomic E-state index is 0.125. The second-order valence-electron chi connectivity index (χ2n) is 6.69.